The first-order valence-electron chi connectivity index (χ1n) is 11.8. The molecule has 0 bridgehead atoms. The number of fused-ring (bicyclic) bond motifs is 1. The van der Waals surface area contributed by atoms with Crippen molar-refractivity contribution in [3.63, 3.8) is 0 Å². The molecule has 0 aliphatic heterocycles. The predicted octanol–water partition coefficient (Wildman–Crippen LogP) is 4.37. The van der Waals surface area contributed by atoms with Gasteiger partial charge in [-0.3, -0.25) is 14.0 Å². The number of aromatic nitrogens is 2. The highest BCUT2D eigenvalue weighted by atomic mass is 19.1. The number of amides is 1. The molecule has 1 atom stereocenters. The summed E-state index contributed by atoms with van der Waals surface area (Å²) in [7, 11) is 0. The van der Waals surface area contributed by atoms with Gasteiger partial charge in [-0.1, -0.05) is 49.4 Å². The highest BCUT2D eigenvalue weighted by molar-refractivity contribution is 5.94. The lowest BCUT2D eigenvalue weighted by Gasteiger charge is -2.32. The fourth-order valence-corrected chi connectivity index (χ4v) is 4.39. The SMILES string of the molecule is CCC(c1nc2ccccn2c(=O)c1Cc1ccccc1)N(CCCN)C(=O)c1cccc(F)c1. The Bertz CT molecular complexity index is 1370. The molecular formula is C28H29FN4O2. The molecule has 180 valence electrons. The molecule has 4 aromatic rings. The molecule has 4 rings (SSSR count). The van der Waals surface area contributed by atoms with Crippen LogP contribution in [0.1, 0.15) is 53.0 Å². The molecule has 1 unspecified atom stereocenters. The van der Waals surface area contributed by atoms with Crippen LogP contribution in [-0.4, -0.2) is 33.3 Å². The summed E-state index contributed by atoms with van der Waals surface area (Å²) in [6, 6.07) is 20.3. The van der Waals surface area contributed by atoms with E-state index in [2.05, 4.69) is 0 Å². The fraction of sp³-hybridized carbons (Fsp3) is 0.250. The Morgan fingerprint density at radius 2 is 1.86 bits per heavy atom. The van der Waals surface area contributed by atoms with Gasteiger partial charge in [-0.25, -0.2) is 9.37 Å². The van der Waals surface area contributed by atoms with Crippen molar-refractivity contribution in [3.8, 4) is 0 Å². The van der Waals surface area contributed by atoms with Gasteiger partial charge in [0.2, 0.25) is 0 Å². The van der Waals surface area contributed by atoms with Crippen LogP contribution < -0.4 is 11.3 Å². The molecule has 35 heavy (non-hydrogen) atoms. The maximum Gasteiger partial charge on any atom is 0.261 e. The first-order valence-corrected chi connectivity index (χ1v) is 11.8. The lowest BCUT2D eigenvalue weighted by Crippen LogP contribution is -2.38. The topological polar surface area (TPSA) is 80.7 Å². The normalized spacial score (nSPS) is 12.0. The lowest BCUT2D eigenvalue weighted by atomic mass is 9.97. The maximum atomic E-state index is 13.9. The Kier molecular flexibility index (Phi) is 7.67. The van der Waals surface area contributed by atoms with E-state index in [-0.39, 0.29) is 17.0 Å². The number of carbonyl (C=O) groups is 1. The number of nitrogens with zero attached hydrogens (tertiary/aromatic N) is 3. The fourth-order valence-electron chi connectivity index (χ4n) is 4.39. The number of rotatable bonds is 9. The second-order valence-corrected chi connectivity index (χ2v) is 8.45. The minimum absolute atomic E-state index is 0.162. The molecule has 0 aliphatic rings. The van der Waals surface area contributed by atoms with Crippen molar-refractivity contribution in [2.45, 2.75) is 32.2 Å². The second-order valence-electron chi connectivity index (χ2n) is 8.45. The summed E-state index contributed by atoms with van der Waals surface area (Å²) in [4.78, 5) is 33.8. The van der Waals surface area contributed by atoms with Gasteiger partial charge in [0.25, 0.3) is 11.5 Å². The van der Waals surface area contributed by atoms with Crippen LogP contribution in [0.15, 0.2) is 83.8 Å². The first kappa shape index (κ1) is 24.3. The Morgan fingerprint density at radius 1 is 1.09 bits per heavy atom. The molecule has 2 aromatic carbocycles. The van der Waals surface area contributed by atoms with Gasteiger partial charge in [0.05, 0.1) is 11.7 Å². The summed E-state index contributed by atoms with van der Waals surface area (Å²) < 4.78 is 15.5. The highest BCUT2D eigenvalue weighted by Crippen LogP contribution is 2.28. The standard InChI is InChI=1S/C28H29FN4O2/c1-2-24(32(17-9-15-30)27(34)21-12-8-13-22(29)19-21)26-23(18-20-10-4-3-5-11-20)28(35)33-16-7-6-14-25(33)31-26/h3-8,10-14,16,19,24H,2,9,15,17-18,30H2,1H3. The Labute approximate surface area is 203 Å². The minimum atomic E-state index is -0.478. The van der Waals surface area contributed by atoms with E-state index in [4.69, 9.17) is 10.7 Å². The van der Waals surface area contributed by atoms with Crippen molar-refractivity contribution in [2.75, 3.05) is 13.1 Å². The van der Waals surface area contributed by atoms with Gasteiger partial charge in [0, 0.05) is 30.3 Å². The second kappa shape index (κ2) is 11.1. The third-order valence-electron chi connectivity index (χ3n) is 6.10. The molecule has 2 aromatic heterocycles. The number of nitrogens with two attached hydrogens (primary N) is 1. The van der Waals surface area contributed by atoms with Crippen LogP contribution in [0.4, 0.5) is 4.39 Å². The van der Waals surface area contributed by atoms with E-state index in [1.807, 2.05) is 43.3 Å². The van der Waals surface area contributed by atoms with Gasteiger partial charge in [-0.15, -0.1) is 0 Å². The molecule has 0 radical (unpaired) electrons. The molecule has 0 saturated heterocycles. The molecule has 0 saturated carbocycles. The van der Waals surface area contributed by atoms with E-state index in [1.165, 1.54) is 22.6 Å². The molecule has 1 amide bonds. The van der Waals surface area contributed by atoms with Gasteiger partial charge in [0.15, 0.2) is 0 Å². The van der Waals surface area contributed by atoms with Crippen molar-refractivity contribution in [3.05, 3.63) is 118 Å². The van der Waals surface area contributed by atoms with Gasteiger partial charge in [-0.05, 0) is 55.3 Å². The smallest absolute Gasteiger partial charge is 0.261 e. The summed E-state index contributed by atoms with van der Waals surface area (Å²) in [5.74, 6) is -0.792. The molecule has 2 N–H and O–H groups in total. The van der Waals surface area contributed by atoms with Crippen LogP contribution in [0.2, 0.25) is 0 Å². The molecule has 0 spiro atoms. The Balaban J connectivity index is 1.87. The predicted molar refractivity (Wildman–Crippen MR) is 135 cm³/mol. The number of benzene rings is 2. The molecular weight excluding hydrogens is 443 g/mol. The molecule has 0 aliphatic carbocycles. The van der Waals surface area contributed by atoms with Gasteiger partial charge >= 0.3 is 0 Å². The van der Waals surface area contributed by atoms with Crippen molar-refractivity contribution < 1.29 is 9.18 Å². The van der Waals surface area contributed by atoms with Crippen molar-refractivity contribution in [2.24, 2.45) is 5.73 Å². The van der Waals surface area contributed by atoms with E-state index < -0.39 is 11.9 Å². The van der Waals surface area contributed by atoms with Crippen LogP contribution in [0.3, 0.4) is 0 Å². The number of pyridine rings is 1. The summed E-state index contributed by atoms with van der Waals surface area (Å²) in [6.07, 6.45) is 3.18. The number of halogens is 1. The minimum Gasteiger partial charge on any atom is -0.330 e. The average Bonchev–Trinajstić information content (AvgIpc) is 2.88. The maximum absolute atomic E-state index is 13.9. The van der Waals surface area contributed by atoms with Crippen molar-refractivity contribution in [1.29, 1.82) is 0 Å². The third-order valence-corrected chi connectivity index (χ3v) is 6.10. The van der Waals surface area contributed by atoms with Crippen LogP contribution in [0.5, 0.6) is 0 Å². The van der Waals surface area contributed by atoms with Crippen LogP contribution in [0, 0.1) is 5.82 Å². The number of carbonyl (C=O) groups excluding carboxylic acids is 1. The van der Waals surface area contributed by atoms with E-state index in [1.54, 1.807) is 29.3 Å². The zero-order valence-electron chi connectivity index (χ0n) is 19.7. The lowest BCUT2D eigenvalue weighted by molar-refractivity contribution is 0.0663. The molecule has 2 heterocycles. The van der Waals surface area contributed by atoms with Crippen LogP contribution >= 0.6 is 0 Å². The monoisotopic (exact) mass is 472 g/mol. The van der Waals surface area contributed by atoms with E-state index in [0.717, 1.165) is 5.56 Å². The van der Waals surface area contributed by atoms with Gasteiger partial charge < -0.3 is 10.6 Å². The Hall–Kier alpha value is -3.84. The zero-order valence-corrected chi connectivity index (χ0v) is 19.7. The number of hydrogen-bond acceptors (Lipinski definition) is 4. The summed E-state index contributed by atoms with van der Waals surface area (Å²) >= 11 is 0. The first-order chi connectivity index (χ1) is 17.0. The van der Waals surface area contributed by atoms with Crippen molar-refractivity contribution >= 4 is 11.6 Å². The molecule has 7 heteroatoms. The zero-order chi connectivity index (χ0) is 24.8. The molecule has 6 nitrogen and oxygen atoms in total. The highest BCUT2D eigenvalue weighted by Gasteiger charge is 2.29. The summed E-state index contributed by atoms with van der Waals surface area (Å²) in [6.45, 7) is 2.72. The van der Waals surface area contributed by atoms with E-state index in [9.17, 15) is 14.0 Å². The Morgan fingerprint density at radius 3 is 2.57 bits per heavy atom. The summed E-state index contributed by atoms with van der Waals surface area (Å²) in [5.41, 5.74) is 8.47. The van der Waals surface area contributed by atoms with Gasteiger partial charge in [0.1, 0.15) is 11.5 Å². The third kappa shape index (κ3) is 5.30. The van der Waals surface area contributed by atoms with E-state index in [0.29, 0.717) is 49.3 Å². The van der Waals surface area contributed by atoms with Crippen molar-refractivity contribution in [1.82, 2.24) is 14.3 Å². The van der Waals surface area contributed by atoms with E-state index >= 15 is 0 Å². The van der Waals surface area contributed by atoms with Gasteiger partial charge in [-0.2, -0.15) is 0 Å². The largest absolute Gasteiger partial charge is 0.330 e. The quantitative estimate of drug-likeness (QED) is 0.392. The average molecular weight is 473 g/mol. The summed E-state index contributed by atoms with van der Waals surface area (Å²) in [5, 5.41) is 0. The molecule has 0 fully saturated rings. The van der Waals surface area contributed by atoms with Crippen LogP contribution in [0.25, 0.3) is 5.65 Å². The number of hydrogen-bond donors (Lipinski definition) is 1. The van der Waals surface area contributed by atoms with Crippen LogP contribution in [-0.2, 0) is 6.42 Å².